The molecule has 4 nitrogen and oxygen atoms in total. The Morgan fingerprint density at radius 3 is 2.92 bits per heavy atom. The minimum atomic E-state index is -0.880. The van der Waals surface area contributed by atoms with E-state index in [2.05, 4.69) is 5.10 Å². The van der Waals surface area contributed by atoms with Crippen molar-refractivity contribution in [2.75, 3.05) is 0 Å². The van der Waals surface area contributed by atoms with E-state index < -0.39 is 6.10 Å². The van der Waals surface area contributed by atoms with Gasteiger partial charge in [-0.15, -0.1) is 0 Å². The number of nitrogens with zero attached hydrogens (tertiary/aromatic N) is 2. The van der Waals surface area contributed by atoms with Crippen molar-refractivity contribution in [3.8, 4) is 0 Å². The van der Waals surface area contributed by atoms with Crippen LogP contribution < -0.4 is 0 Å². The number of aryl methyl sites for hydroxylation is 1. The zero-order valence-corrected chi connectivity index (χ0v) is 7.90. The van der Waals surface area contributed by atoms with Gasteiger partial charge in [0, 0.05) is 13.2 Å². The molecule has 0 saturated heterocycles. The zero-order valence-electron chi connectivity index (χ0n) is 7.90. The van der Waals surface area contributed by atoms with Crippen LogP contribution in [-0.4, -0.2) is 26.8 Å². The average Bonchev–Trinajstić information content (AvgIpc) is 2.51. The molecule has 0 aromatic carbocycles. The van der Waals surface area contributed by atoms with Gasteiger partial charge in [0.25, 0.3) is 0 Å². The first-order chi connectivity index (χ1) is 6.15. The molecule has 4 heteroatoms. The fourth-order valence-corrected chi connectivity index (χ4v) is 1.15. The smallest absolute Gasteiger partial charge is 0.194 e. The molecule has 0 aliphatic heterocycles. The van der Waals surface area contributed by atoms with Crippen LogP contribution in [0.15, 0.2) is 12.4 Å². The molecule has 0 radical (unpaired) electrons. The Hall–Kier alpha value is -1.16. The summed E-state index contributed by atoms with van der Waals surface area (Å²) in [6.45, 7) is 1.93. The van der Waals surface area contributed by atoms with E-state index in [1.54, 1.807) is 17.9 Å². The van der Waals surface area contributed by atoms with Gasteiger partial charge in [-0.05, 0) is 6.42 Å². The fraction of sp³-hybridized carbons (Fsp3) is 0.556. The van der Waals surface area contributed by atoms with Crippen molar-refractivity contribution in [3.05, 3.63) is 18.0 Å². The van der Waals surface area contributed by atoms with Crippen LogP contribution >= 0.6 is 0 Å². The minimum absolute atomic E-state index is 0.241. The molecule has 0 fully saturated rings. The highest BCUT2D eigenvalue weighted by Gasteiger charge is 2.16. The molecule has 1 heterocycles. The summed E-state index contributed by atoms with van der Waals surface area (Å²) in [6.07, 6.45) is 3.51. The summed E-state index contributed by atoms with van der Waals surface area (Å²) in [4.78, 5) is 11.4. The molecule has 0 spiro atoms. The van der Waals surface area contributed by atoms with Crippen LogP contribution in [0.4, 0.5) is 0 Å². The van der Waals surface area contributed by atoms with E-state index in [9.17, 15) is 9.90 Å². The molecule has 1 unspecified atom stereocenters. The molecule has 1 aromatic rings. The van der Waals surface area contributed by atoms with Gasteiger partial charge < -0.3 is 5.11 Å². The van der Waals surface area contributed by atoms with Crippen molar-refractivity contribution >= 4 is 5.78 Å². The highest BCUT2D eigenvalue weighted by Crippen LogP contribution is 2.06. The number of aliphatic hydroxyl groups excluding tert-OH is 1. The first-order valence-corrected chi connectivity index (χ1v) is 4.36. The van der Waals surface area contributed by atoms with Crippen molar-refractivity contribution in [2.24, 2.45) is 7.05 Å². The summed E-state index contributed by atoms with van der Waals surface area (Å²) in [5.41, 5.74) is 0.475. The Morgan fingerprint density at radius 2 is 2.46 bits per heavy atom. The van der Waals surface area contributed by atoms with Gasteiger partial charge in [0.2, 0.25) is 0 Å². The van der Waals surface area contributed by atoms with Crippen LogP contribution in [0.5, 0.6) is 0 Å². The minimum Gasteiger partial charge on any atom is -0.385 e. The largest absolute Gasteiger partial charge is 0.385 e. The number of hydrogen-bond acceptors (Lipinski definition) is 3. The van der Waals surface area contributed by atoms with Gasteiger partial charge >= 0.3 is 0 Å². The summed E-state index contributed by atoms with van der Waals surface area (Å²) in [5.74, 6) is -0.241. The third kappa shape index (κ3) is 2.39. The summed E-state index contributed by atoms with van der Waals surface area (Å²) in [7, 11) is 1.74. The number of carbonyl (C=O) groups is 1. The summed E-state index contributed by atoms with van der Waals surface area (Å²) < 4.78 is 1.55. The average molecular weight is 182 g/mol. The first kappa shape index (κ1) is 9.92. The van der Waals surface area contributed by atoms with Gasteiger partial charge in [0.15, 0.2) is 5.78 Å². The monoisotopic (exact) mass is 182 g/mol. The Labute approximate surface area is 77.2 Å². The Bertz CT molecular complexity index is 294. The molecule has 1 N–H and O–H groups in total. The second-order valence-electron chi connectivity index (χ2n) is 3.07. The highest BCUT2D eigenvalue weighted by molar-refractivity contribution is 5.98. The molecule has 1 atom stereocenters. The Kier molecular flexibility index (Phi) is 3.19. The van der Waals surface area contributed by atoms with Crippen molar-refractivity contribution in [1.82, 2.24) is 9.78 Å². The SMILES string of the molecule is CCCC(O)C(=O)c1cnn(C)c1. The molecule has 13 heavy (non-hydrogen) atoms. The normalized spacial score (nSPS) is 12.8. The second kappa shape index (κ2) is 4.18. The fourth-order valence-electron chi connectivity index (χ4n) is 1.15. The third-order valence-electron chi connectivity index (χ3n) is 1.85. The van der Waals surface area contributed by atoms with E-state index in [1.807, 2.05) is 6.92 Å². The molecular formula is C9H14N2O2. The van der Waals surface area contributed by atoms with E-state index in [0.29, 0.717) is 12.0 Å². The van der Waals surface area contributed by atoms with Crippen LogP contribution in [0, 0.1) is 0 Å². The van der Waals surface area contributed by atoms with E-state index >= 15 is 0 Å². The lowest BCUT2D eigenvalue weighted by atomic mass is 10.1. The van der Waals surface area contributed by atoms with Crippen LogP contribution in [-0.2, 0) is 7.05 Å². The maximum Gasteiger partial charge on any atom is 0.194 e. The van der Waals surface area contributed by atoms with E-state index in [4.69, 9.17) is 0 Å². The van der Waals surface area contributed by atoms with Crippen molar-refractivity contribution in [3.63, 3.8) is 0 Å². The molecule has 0 saturated carbocycles. The summed E-state index contributed by atoms with van der Waals surface area (Å²) in [5, 5.41) is 13.3. The van der Waals surface area contributed by atoms with E-state index in [1.165, 1.54) is 6.20 Å². The molecule has 0 amide bonds. The quantitative estimate of drug-likeness (QED) is 0.699. The maximum absolute atomic E-state index is 11.4. The Balaban J connectivity index is 2.67. The highest BCUT2D eigenvalue weighted by atomic mass is 16.3. The van der Waals surface area contributed by atoms with Crippen LogP contribution in [0.1, 0.15) is 30.1 Å². The predicted molar refractivity (Wildman–Crippen MR) is 48.5 cm³/mol. The Morgan fingerprint density at radius 1 is 1.77 bits per heavy atom. The van der Waals surface area contributed by atoms with Crippen LogP contribution in [0.25, 0.3) is 0 Å². The van der Waals surface area contributed by atoms with Crippen LogP contribution in [0.2, 0.25) is 0 Å². The maximum atomic E-state index is 11.4. The molecule has 0 bridgehead atoms. The van der Waals surface area contributed by atoms with Gasteiger partial charge in [-0.3, -0.25) is 9.48 Å². The lowest BCUT2D eigenvalue weighted by Gasteiger charge is -2.04. The first-order valence-electron chi connectivity index (χ1n) is 4.36. The van der Waals surface area contributed by atoms with Crippen molar-refractivity contribution in [2.45, 2.75) is 25.9 Å². The number of hydrogen-bond donors (Lipinski definition) is 1. The third-order valence-corrected chi connectivity index (χ3v) is 1.85. The molecule has 1 aromatic heterocycles. The van der Waals surface area contributed by atoms with E-state index in [-0.39, 0.29) is 5.78 Å². The number of aliphatic hydroxyl groups is 1. The predicted octanol–water partition coefficient (Wildman–Crippen LogP) is 0.764. The molecular weight excluding hydrogens is 168 g/mol. The van der Waals surface area contributed by atoms with Gasteiger partial charge in [-0.2, -0.15) is 5.10 Å². The summed E-state index contributed by atoms with van der Waals surface area (Å²) in [6, 6.07) is 0. The molecule has 1 rings (SSSR count). The number of aromatic nitrogens is 2. The lowest BCUT2D eigenvalue weighted by Crippen LogP contribution is -2.19. The topological polar surface area (TPSA) is 55.1 Å². The van der Waals surface area contributed by atoms with Gasteiger partial charge in [-0.25, -0.2) is 0 Å². The number of carbonyl (C=O) groups excluding carboxylic acids is 1. The van der Waals surface area contributed by atoms with Crippen molar-refractivity contribution in [1.29, 1.82) is 0 Å². The van der Waals surface area contributed by atoms with Crippen LogP contribution in [0.3, 0.4) is 0 Å². The van der Waals surface area contributed by atoms with Crippen molar-refractivity contribution < 1.29 is 9.90 Å². The second-order valence-corrected chi connectivity index (χ2v) is 3.07. The number of ketones is 1. The molecule has 72 valence electrons. The lowest BCUT2D eigenvalue weighted by molar-refractivity contribution is 0.0729. The van der Waals surface area contributed by atoms with E-state index in [0.717, 1.165) is 6.42 Å². The zero-order chi connectivity index (χ0) is 9.84. The number of rotatable bonds is 4. The van der Waals surface area contributed by atoms with Gasteiger partial charge in [-0.1, -0.05) is 13.3 Å². The van der Waals surface area contributed by atoms with Gasteiger partial charge in [0.1, 0.15) is 6.10 Å². The summed E-state index contributed by atoms with van der Waals surface area (Å²) >= 11 is 0. The molecule has 0 aliphatic rings. The van der Waals surface area contributed by atoms with Gasteiger partial charge in [0.05, 0.1) is 11.8 Å². The number of Topliss-reactive ketones (excluding diaryl/α,β-unsaturated/α-hetero) is 1. The molecule has 0 aliphatic carbocycles. The standard InChI is InChI=1S/C9H14N2O2/c1-3-4-8(12)9(13)7-5-10-11(2)6-7/h5-6,8,12H,3-4H2,1-2H3.